The Balaban J connectivity index is 2.43. The summed E-state index contributed by atoms with van der Waals surface area (Å²) in [5, 5.41) is 13.9. The van der Waals surface area contributed by atoms with Crippen LogP contribution in [0.25, 0.3) is 0 Å². The monoisotopic (exact) mass is 370 g/mol. The Bertz CT molecular complexity index is 847. The normalized spacial score (nSPS) is 11.0. The van der Waals surface area contributed by atoms with Crippen LogP contribution in [0.3, 0.4) is 0 Å². The van der Waals surface area contributed by atoms with Gasteiger partial charge in [-0.1, -0.05) is 6.07 Å². The third kappa shape index (κ3) is 3.39. The summed E-state index contributed by atoms with van der Waals surface area (Å²) in [7, 11) is -3.83. The van der Waals surface area contributed by atoms with Crippen LogP contribution in [0.4, 0.5) is 4.39 Å². The van der Waals surface area contributed by atoms with Gasteiger partial charge in [-0.2, -0.15) is 5.26 Å². The van der Waals surface area contributed by atoms with Crippen molar-refractivity contribution in [2.75, 3.05) is 0 Å². The number of rotatable bonds is 3. The van der Waals surface area contributed by atoms with E-state index in [0.717, 1.165) is 6.07 Å². The van der Waals surface area contributed by atoms with Crippen LogP contribution < -0.4 is 9.88 Å². The third-order valence-corrected chi connectivity index (χ3v) is 4.07. The van der Waals surface area contributed by atoms with Crippen molar-refractivity contribution >= 4 is 26.0 Å². The van der Waals surface area contributed by atoms with Crippen molar-refractivity contribution in [1.29, 1.82) is 5.26 Å². The molecule has 0 atom stereocenters. The van der Waals surface area contributed by atoms with Crippen molar-refractivity contribution < 1.29 is 17.5 Å². The maximum absolute atomic E-state index is 13.5. The van der Waals surface area contributed by atoms with E-state index in [0.29, 0.717) is 4.47 Å². The summed E-state index contributed by atoms with van der Waals surface area (Å²) in [6.07, 6.45) is 0. The first-order valence-electron chi connectivity index (χ1n) is 5.52. The molecule has 0 saturated heterocycles. The number of primary sulfonamides is 1. The van der Waals surface area contributed by atoms with E-state index in [9.17, 15) is 12.8 Å². The van der Waals surface area contributed by atoms with Gasteiger partial charge in [0, 0.05) is 0 Å². The largest absolute Gasteiger partial charge is 0.455 e. The molecule has 5 nitrogen and oxygen atoms in total. The summed E-state index contributed by atoms with van der Waals surface area (Å²) >= 11 is 3.14. The molecular weight excluding hydrogens is 363 g/mol. The van der Waals surface area contributed by atoms with Gasteiger partial charge in [0.1, 0.15) is 28.9 Å². The molecule has 0 amide bonds. The number of nitrogens with zero attached hydrogens (tertiary/aromatic N) is 1. The molecular formula is C13H8BrFN2O3S. The van der Waals surface area contributed by atoms with E-state index in [-0.39, 0.29) is 22.0 Å². The van der Waals surface area contributed by atoms with Crippen LogP contribution in [0.5, 0.6) is 11.5 Å². The molecule has 21 heavy (non-hydrogen) atoms. The first kappa shape index (κ1) is 15.4. The molecule has 2 rings (SSSR count). The summed E-state index contributed by atoms with van der Waals surface area (Å²) < 4.78 is 41.7. The van der Waals surface area contributed by atoms with E-state index in [1.54, 1.807) is 6.07 Å². The molecule has 0 aliphatic heterocycles. The topological polar surface area (TPSA) is 93.2 Å². The van der Waals surface area contributed by atoms with E-state index in [1.165, 1.54) is 30.3 Å². The molecule has 0 aliphatic carbocycles. The standard InChI is InChI=1S/C13H8BrFN2O3S/c14-10-6-8(21(17,18)19)4-5-13(10)20-12-3-1-2-11(15)9(12)7-16/h1-6H,(H2,17,18,19). The van der Waals surface area contributed by atoms with Crippen molar-refractivity contribution in [2.24, 2.45) is 5.14 Å². The molecule has 108 valence electrons. The zero-order chi connectivity index (χ0) is 15.6. The van der Waals surface area contributed by atoms with Gasteiger partial charge in [0.25, 0.3) is 0 Å². The van der Waals surface area contributed by atoms with Crippen LogP contribution in [-0.4, -0.2) is 8.42 Å². The molecule has 0 heterocycles. The summed E-state index contributed by atoms with van der Waals surface area (Å²) in [5.41, 5.74) is -0.236. The van der Waals surface area contributed by atoms with Gasteiger partial charge in [-0.05, 0) is 46.3 Å². The lowest BCUT2D eigenvalue weighted by Crippen LogP contribution is -2.11. The third-order valence-electron chi connectivity index (χ3n) is 2.54. The highest BCUT2D eigenvalue weighted by atomic mass is 79.9. The average molecular weight is 371 g/mol. The summed E-state index contributed by atoms with van der Waals surface area (Å²) in [6, 6.07) is 9.55. The fourth-order valence-corrected chi connectivity index (χ4v) is 2.71. The van der Waals surface area contributed by atoms with Gasteiger partial charge < -0.3 is 4.74 Å². The van der Waals surface area contributed by atoms with Crippen molar-refractivity contribution in [1.82, 2.24) is 0 Å². The predicted molar refractivity (Wildman–Crippen MR) is 76.7 cm³/mol. The molecule has 0 bridgehead atoms. The van der Waals surface area contributed by atoms with Crippen LogP contribution in [0, 0.1) is 17.1 Å². The Morgan fingerprint density at radius 1 is 1.24 bits per heavy atom. The highest BCUT2D eigenvalue weighted by Crippen LogP contribution is 2.33. The highest BCUT2D eigenvalue weighted by molar-refractivity contribution is 9.10. The quantitative estimate of drug-likeness (QED) is 0.898. The van der Waals surface area contributed by atoms with Gasteiger partial charge >= 0.3 is 0 Å². The Morgan fingerprint density at radius 3 is 2.52 bits per heavy atom. The lowest BCUT2D eigenvalue weighted by Gasteiger charge is -2.10. The first-order valence-corrected chi connectivity index (χ1v) is 7.85. The fourth-order valence-electron chi connectivity index (χ4n) is 1.56. The second kappa shape index (κ2) is 5.81. The number of benzene rings is 2. The fraction of sp³-hybridized carbons (Fsp3) is 0. The number of halogens is 2. The van der Waals surface area contributed by atoms with Gasteiger partial charge in [-0.15, -0.1) is 0 Å². The zero-order valence-electron chi connectivity index (χ0n) is 10.4. The van der Waals surface area contributed by atoms with Crippen LogP contribution in [0.1, 0.15) is 5.56 Å². The van der Waals surface area contributed by atoms with E-state index in [1.807, 2.05) is 0 Å². The molecule has 0 spiro atoms. The number of hydrogen-bond acceptors (Lipinski definition) is 4. The Morgan fingerprint density at radius 2 is 1.95 bits per heavy atom. The molecule has 0 saturated carbocycles. The van der Waals surface area contributed by atoms with Gasteiger partial charge in [-0.25, -0.2) is 17.9 Å². The molecule has 2 aromatic rings. The molecule has 0 unspecified atom stereocenters. The molecule has 2 aromatic carbocycles. The smallest absolute Gasteiger partial charge is 0.238 e. The molecule has 0 aliphatic rings. The molecule has 0 fully saturated rings. The van der Waals surface area contributed by atoms with Crippen molar-refractivity contribution in [3.63, 3.8) is 0 Å². The van der Waals surface area contributed by atoms with E-state index in [4.69, 9.17) is 15.1 Å². The van der Waals surface area contributed by atoms with Crippen molar-refractivity contribution in [3.05, 3.63) is 52.3 Å². The minimum absolute atomic E-state index is 0.0292. The number of sulfonamides is 1. The van der Waals surface area contributed by atoms with Gasteiger partial charge in [0.2, 0.25) is 10.0 Å². The second-order valence-corrected chi connectivity index (χ2v) is 6.38. The first-order chi connectivity index (χ1) is 9.82. The lowest BCUT2D eigenvalue weighted by molar-refractivity contribution is 0.471. The molecule has 0 radical (unpaired) electrons. The Kier molecular flexibility index (Phi) is 4.27. The predicted octanol–water partition coefficient (Wildman–Crippen LogP) is 2.90. The Hall–Kier alpha value is -1.95. The highest BCUT2D eigenvalue weighted by Gasteiger charge is 2.14. The summed E-state index contributed by atoms with van der Waals surface area (Å²) in [4.78, 5) is -0.0959. The van der Waals surface area contributed by atoms with Gasteiger partial charge in [-0.3, -0.25) is 0 Å². The van der Waals surface area contributed by atoms with E-state index in [2.05, 4.69) is 15.9 Å². The van der Waals surface area contributed by atoms with Crippen LogP contribution in [-0.2, 0) is 10.0 Å². The maximum Gasteiger partial charge on any atom is 0.238 e. The van der Waals surface area contributed by atoms with Crippen LogP contribution in [0.2, 0.25) is 0 Å². The van der Waals surface area contributed by atoms with E-state index < -0.39 is 15.8 Å². The number of nitriles is 1. The van der Waals surface area contributed by atoms with Gasteiger partial charge in [0.05, 0.1) is 9.37 Å². The Labute approximate surface area is 128 Å². The van der Waals surface area contributed by atoms with E-state index >= 15 is 0 Å². The van der Waals surface area contributed by atoms with Crippen LogP contribution in [0.15, 0.2) is 45.8 Å². The van der Waals surface area contributed by atoms with Gasteiger partial charge in [0.15, 0.2) is 0 Å². The van der Waals surface area contributed by atoms with Crippen LogP contribution >= 0.6 is 15.9 Å². The zero-order valence-corrected chi connectivity index (χ0v) is 12.8. The summed E-state index contributed by atoms with van der Waals surface area (Å²) in [6.45, 7) is 0. The minimum atomic E-state index is -3.83. The second-order valence-electron chi connectivity index (χ2n) is 3.96. The van der Waals surface area contributed by atoms with Crippen molar-refractivity contribution in [3.8, 4) is 17.6 Å². The number of hydrogen-bond donors (Lipinski definition) is 1. The average Bonchev–Trinajstić information content (AvgIpc) is 2.40. The lowest BCUT2D eigenvalue weighted by atomic mass is 10.2. The number of ether oxygens (including phenoxy) is 1. The minimum Gasteiger partial charge on any atom is -0.455 e. The number of nitrogens with two attached hydrogens (primary N) is 1. The van der Waals surface area contributed by atoms with Crippen molar-refractivity contribution in [2.45, 2.75) is 4.90 Å². The molecule has 8 heteroatoms. The molecule has 2 N–H and O–H groups in total. The maximum atomic E-state index is 13.5. The summed E-state index contributed by atoms with van der Waals surface area (Å²) in [5.74, 6) is -0.446. The molecule has 0 aromatic heterocycles. The SMILES string of the molecule is N#Cc1c(F)cccc1Oc1ccc(S(N)(=O)=O)cc1Br.